The number of Topliss-reactive ketones (excluding diaryl/α,β-unsaturated/α-hetero) is 1. The molecule has 2 aliphatic rings. The van der Waals surface area contributed by atoms with Crippen molar-refractivity contribution in [1.82, 2.24) is 5.32 Å². The molecule has 0 aromatic heterocycles. The molecule has 1 heterocycles. The van der Waals surface area contributed by atoms with Crippen molar-refractivity contribution in [2.24, 2.45) is 0 Å². The first-order chi connectivity index (χ1) is 18.7. The van der Waals surface area contributed by atoms with Gasteiger partial charge in [0.15, 0.2) is 17.3 Å². The summed E-state index contributed by atoms with van der Waals surface area (Å²) >= 11 is 3.64. The Morgan fingerprint density at radius 1 is 1.00 bits per heavy atom. The summed E-state index contributed by atoms with van der Waals surface area (Å²) in [6.07, 6.45) is 0. The highest BCUT2D eigenvalue weighted by atomic mass is 79.9. The molecule has 198 valence electrons. The fraction of sp³-hybridized carbons (Fsp3) is 0.167. The second-order valence-corrected chi connectivity index (χ2v) is 9.92. The average molecular weight is 590 g/mol. The van der Waals surface area contributed by atoms with Crippen LogP contribution in [0.5, 0.6) is 11.5 Å². The number of benzene rings is 3. The third-order valence-electron chi connectivity index (χ3n) is 6.84. The molecule has 0 saturated heterocycles. The van der Waals surface area contributed by atoms with E-state index in [0.717, 1.165) is 11.1 Å². The van der Waals surface area contributed by atoms with Crippen LogP contribution in [0, 0.1) is 0 Å². The van der Waals surface area contributed by atoms with Crippen LogP contribution in [0.3, 0.4) is 0 Å². The largest absolute Gasteiger partial charge is 0.493 e. The van der Waals surface area contributed by atoms with Gasteiger partial charge in [-0.3, -0.25) is 4.79 Å². The zero-order valence-electron chi connectivity index (χ0n) is 21.3. The summed E-state index contributed by atoms with van der Waals surface area (Å²) in [5.74, 6) is -1.60. The summed E-state index contributed by atoms with van der Waals surface area (Å²) in [6, 6.07) is 17.2. The van der Waals surface area contributed by atoms with Crippen LogP contribution in [-0.4, -0.2) is 37.0 Å². The van der Waals surface area contributed by atoms with Crippen molar-refractivity contribution in [2.45, 2.75) is 19.4 Å². The molecule has 1 atom stereocenters. The van der Waals surface area contributed by atoms with Gasteiger partial charge in [-0.1, -0.05) is 52.3 Å². The van der Waals surface area contributed by atoms with Crippen molar-refractivity contribution in [2.75, 3.05) is 14.2 Å². The quantitative estimate of drug-likeness (QED) is 0.349. The predicted molar refractivity (Wildman–Crippen MR) is 147 cm³/mol. The molecular weight excluding hydrogens is 566 g/mol. The Hall–Kier alpha value is -4.37. The van der Waals surface area contributed by atoms with E-state index < -0.39 is 17.9 Å². The van der Waals surface area contributed by atoms with Gasteiger partial charge in [-0.25, -0.2) is 9.59 Å². The molecule has 0 unspecified atom stereocenters. The van der Waals surface area contributed by atoms with Crippen LogP contribution in [0.2, 0.25) is 0 Å². The number of carbonyl (C=O) groups excluding carboxylic acids is 2. The molecule has 0 bridgehead atoms. The van der Waals surface area contributed by atoms with Gasteiger partial charge in [-0.05, 0) is 42.3 Å². The summed E-state index contributed by atoms with van der Waals surface area (Å²) in [4.78, 5) is 37.8. The summed E-state index contributed by atoms with van der Waals surface area (Å²) in [5.41, 5.74) is 4.99. The molecule has 1 aliphatic heterocycles. The molecular formula is C30H24BrNO7. The number of allylic oxidation sites excluding steroid dienone is 2. The number of hydrogen-bond donors (Lipinski definition) is 2. The van der Waals surface area contributed by atoms with E-state index in [1.54, 1.807) is 37.3 Å². The molecule has 3 aromatic rings. The van der Waals surface area contributed by atoms with Crippen molar-refractivity contribution < 1.29 is 33.7 Å². The fourth-order valence-corrected chi connectivity index (χ4v) is 5.52. The third-order valence-corrected chi connectivity index (χ3v) is 7.53. The number of dihydropyridines is 1. The van der Waals surface area contributed by atoms with E-state index in [0.29, 0.717) is 49.6 Å². The van der Waals surface area contributed by atoms with Gasteiger partial charge < -0.3 is 24.6 Å². The first kappa shape index (κ1) is 26.2. The predicted octanol–water partition coefficient (Wildman–Crippen LogP) is 5.48. The minimum Gasteiger partial charge on any atom is -0.493 e. The van der Waals surface area contributed by atoms with Crippen molar-refractivity contribution >= 4 is 39.3 Å². The van der Waals surface area contributed by atoms with Gasteiger partial charge >= 0.3 is 11.9 Å². The van der Waals surface area contributed by atoms with E-state index in [9.17, 15) is 14.4 Å². The summed E-state index contributed by atoms with van der Waals surface area (Å²) in [6.45, 7) is 1.96. The average Bonchev–Trinajstić information content (AvgIpc) is 3.22. The standard InChI is InChI=1S/C30H24BrNO7/c1-15-24(30(36)38-3)25(26-27(32-15)18-6-4-5-7-19(18)28(26)33)20-12-22(37-2)23(13-21(20)31)39-14-16-8-10-17(11-9-16)29(34)35/h4-13,25,32H,14H2,1-3H3,(H,34,35)/t25-/m0/s1. The van der Waals surface area contributed by atoms with Crippen molar-refractivity contribution in [1.29, 1.82) is 0 Å². The summed E-state index contributed by atoms with van der Waals surface area (Å²) in [7, 11) is 2.82. The van der Waals surface area contributed by atoms with E-state index in [1.165, 1.54) is 26.4 Å². The number of carboxylic acid groups (broad SMARTS) is 1. The number of hydrogen-bond acceptors (Lipinski definition) is 7. The van der Waals surface area contributed by atoms with Crippen LogP contribution in [-0.2, 0) is 16.1 Å². The molecule has 2 N–H and O–H groups in total. The number of rotatable bonds is 7. The maximum atomic E-state index is 13.7. The molecule has 39 heavy (non-hydrogen) atoms. The maximum Gasteiger partial charge on any atom is 0.336 e. The number of ketones is 1. The number of esters is 1. The van der Waals surface area contributed by atoms with Gasteiger partial charge in [-0.15, -0.1) is 0 Å². The number of ether oxygens (including phenoxy) is 3. The number of carboxylic acids is 1. The molecule has 0 saturated carbocycles. The maximum absolute atomic E-state index is 13.7. The Morgan fingerprint density at radius 2 is 1.69 bits per heavy atom. The second-order valence-electron chi connectivity index (χ2n) is 9.07. The zero-order valence-corrected chi connectivity index (χ0v) is 22.9. The van der Waals surface area contributed by atoms with Gasteiger partial charge in [0.25, 0.3) is 0 Å². The number of aromatic carboxylic acids is 1. The van der Waals surface area contributed by atoms with Crippen molar-refractivity contribution in [3.05, 3.63) is 110 Å². The highest BCUT2D eigenvalue weighted by molar-refractivity contribution is 9.10. The van der Waals surface area contributed by atoms with E-state index in [4.69, 9.17) is 19.3 Å². The minimum absolute atomic E-state index is 0.164. The summed E-state index contributed by atoms with van der Waals surface area (Å²) < 4.78 is 17.4. The Morgan fingerprint density at radius 3 is 2.33 bits per heavy atom. The topological polar surface area (TPSA) is 111 Å². The number of nitrogens with one attached hydrogen (secondary N) is 1. The zero-order chi connectivity index (χ0) is 27.8. The minimum atomic E-state index is -1.00. The molecule has 1 aliphatic carbocycles. The van der Waals surface area contributed by atoms with Crippen LogP contribution in [0.4, 0.5) is 0 Å². The van der Waals surface area contributed by atoms with Crippen LogP contribution in [0.25, 0.3) is 5.70 Å². The number of methoxy groups -OCH3 is 2. The van der Waals surface area contributed by atoms with Crippen LogP contribution in [0.15, 0.2) is 82.0 Å². The van der Waals surface area contributed by atoms with Crippen LogP contribution >= 0.6 is 15.9 Å². The van der Waals surface area contributed by atoms with Gasteiger partial charge in [0.2, 0.25) is 0 Å². The lowest BCUT2D eigenvalue weighted by Gasteiger charge is -2.30. The molecule has 0 amide bonds. The number of halogens is 1. The Bertz CT molecular complexity index is 1590. The second kappa shape index (κ2) is 10.4. The molecule has 8 nitrogen and oxygen atoms in total. The molecule has 0 radical (unpaired) electrons. The lowest BCUT2D eigenvalue weighted by molar-refractivity contribution is -0.136. The van der Waals surface area contributed by atoms with Gasteiger partial charge in [-0.2, -0.15) is 0 Å². The first-order valence-electron chi connectivity index (χ1n) is 12.0. The van der Waals surface area contributed by atoms with E-state index in [-0.39, 0.29) is 18.0 Å². The monoisotopic (exact) mass is 589 g/mol. The lowest BCUT2D eigenvalue weighted by Crippen LogP contribution is -2.29. The van der Waals surface area contributed by atoms with E-state index >= 15 is 0 Å². The SMILES string of the molecule is COC(=O)C1=C(C)NC2=C(C(=O)c3ccccc32)[C@H]1c1cc(OC)c(OCc2ccc(C(=O)O)cc2)cc1Br. The van der Waals surface area contributed by atoms with Gasteiger partial charge in [0, 0.05) is 26.9 Å². The van der Waals surface area contributed by atoms with Crippen molar-refractivity contribution in [3.63, 3.8) is 0 Å². The number of fused-ring (bicyclic) bond motifs is 2. The Kier molecular flexibility index (Phi) is 7.01. The Balaban J connectivity index is 1.56. The van der Waals surface area contributed by atoms with Crippen molar-refractivity contribution in [3.8, 4) is 11.5 Å². The third kappa shape index (κ3) is 4.59. The molecule has 0 spiro atoms. The highest BCUT2D eigenvalue weighted by Crippen LogP contribution is 2.50. The van der Waals surface area contributed by atoms with E-state index in [2.05, 4.69) is 21.2 Å². The molecule has 3 aromatic carbocycles. The smallest absolute Gasteiger partial charge is 0.336 e. The molecule has 0 fully saturated rings. The van der Waals surface area contributed by atoms with Crippen LogP contribution < -0.4 is 14.8 Å². The molecule has 5 rings (SSSR count). The summed E-state index contributed by atoms with van der Waals surface area (Å²) in [5, 5.41) is 12.4. The highest BCUT2D eigenvalue weighted by Gasteiger charge is 2.43. The lowest BCUT2D eigenvalue weighted by atomic mass is 9.79. The van der Waals surface area contributed by atoms with E-state index in [1.807, 2.05) is 18.2 Å². The van der Waals surface area contributed by atoms with Crippen LogP contribution in [0.1, 0.15) is 50.2 Å². The van der Waals surface area contributed by atoms with Gasteiger partial charge in [0.05, 0.1) is 37.0 Å². The first-order valence-corrected chi connectivity index (χ1v) is 12.8. The Labute approximate surface area is 233 Å². The normalized spacial score (nSPS) is 15.9. The molecule has 9 heteroatoms. The number of carbonyl (C=O) groups is 3. The fourth-order valence-electron chi connectivity index (χ4n) is 4.97. The van der Waals surface area contributed by atoms with Gasteiger partial charge in [0.1, 0.15) is 6.61 Å².